The van der Waals surface area contributed by atoms with Crippen molar-refractivity contribution < 1.29 is 19.4 Å². The first-order valence-corrected chi connectivity index (χ1v) is 13.8. The van der Waals surface area contributed by atoms with Crippen LogP contribution in [0.5, 0.6) is 11.5 Å². The van der Waals surface area contributed by atoms with Crippen LogP contribution in [-0.4, -0.2) is 42.8 Å². The van der Waals surface area contributed by atoms with Gasteiger partial charge in [0, 0.05) is 23.1 Å². The van der Waals surface area contributed by atoms with Gasteiger partial charge in [-0.25, -0.2) is 24.3 Å². The maximum Gasteiger partial charge on any atom is 0.335 e. The lowest BCUT2D eigenvalue weighted by atomic mass is 10.1. The highest BCUT2D eigenvalue weighted by molar-refractivity contribution is 7.22. The zero-order valence-electron chi connectivity index (χ0n) is 19.7. The smallest absolute Gasteiger partial charge is 0.335 e. The first-order chi connectivity index (χ1) is 18.0. The summed E-state index contributed by atoms with van der Waals surface area (Å²) in [6, 6.07) is 10.4. The molecular weight excluding hydrogens is 531 g/mol. The Morgan fingerprint density at radius 2 is 1.92 bits per heavy atom. The van der Waals surface area contributed by atoms with E-state index in [0.29, 0.717) is 11.5 Å². The first-order valence-electron chi connectivity index (χ1n) is 11.3. The lowest BCUT2D eigenvalue weighted by molar-refractivity contribution is 0.0697. The molecule has 6 aromatic rings. The minimum atomic E-state index is -0.953. The summed E-state index contributed by atoms with van der Waals surface area (Å²) in [5.41, 5.74) is 3.41. The molecule has 12 heteroatoms. The number of aromatic carboxylic acids is 1. The number of ether oxygens (including phenoxy) is 2. The summed E-state index contributed by atoms with van der Waals surface area (Å²) in [5.74, 6) is 0.355. The van der Waals surface area contributed by atoms with Crippen molar-refractivity contribution in [3.8, 4) is 32.8 Å². The largest absolute Gasteiger partial charge is 0.497 e. The van der Waals surface area contributed by atoms with Crippen molar-refractivity contribution >= 4 is 55.2 Å². The molecule has 0 spiro atoms. The number of carbonyl (C=O) groups is 1. The lowest BCUT2D eigenvalue weighted by Gasteiger charge is -2.07. The number of aromatic nitrogens is 5. The molecule has 1 N–H and O–H groups in total. The number of fused-ring (bicyclic) bond motifs is 2. The van der Waals surface area contributed by atoms with Crippen LogP contribution in [0.25, 0.3) is 36.5 Å². The van der Waals surface area contributed by atoms with E-state index in [1.54, 1.807) is 47.2 Å². The SMILES string of the molecule is CCc1nn2cc(-c3nc4cc(OC)cc(OCc5csc(-c6ccc(C(=O)O)cc6)n5)c4s3)nc2s1. The zero-order chi connectivity index (χ0) is 25.5. The summed E-state index contributed by atoms with van der Waals surface area (Å²) in [4.78, 5) is 26.1. The van der Waals surface area contributed by atoms with Crippen LogP contribution in [0.1, 0.15) is 28.0 Å². The number of thiazole rings is 2. The normalized spacial score (nSPS) is 11.4. The zero-order valence-corrected chi connectivity index (χ0v) is 22.1. The molecule has 0 aliphatic rings. The molecule has 0 atom stereocenters. The third-order valence-electron chi connectivity index (χ3n) is 5.58. The Bertz CT molecular complexity index is 1720. The third kappa shape index (κ3) is 4.54. The van der Waals surface area contributed by atoms with Gasteiger partial charge in [0.25, 0.3) is 0 Å². The summed E-state index contributed by atoms with van der Waals surface area (Å²) in [6.07, 6.45) is 2.78. The molecule has 9 nitrogen and oxygen atoms in total. The van der Waals surface area contributed by atoms with E-state index < -0.39 is 5.97 Å². The van der Waals surface area contributed by atoms with Crippen LogP contribution in [0.4, 0.5) is 0 Å². The minimum absolute atomic E-state index is 0.243. The van der Waals surface area contributed by atoms with Gasteiger partial charge < -0.3 is 14.6 Å². The molecule has 0 bridgehead atoms. The standard InChI is InChI=1S/C25H19N5O4S3/c1-3-20-29-30-10-18(28-25(30)36-20)23-27-17-8-16(33-2)9-19(21(17)37-23)34-11-15-12-35-22(26-15)13-4-6-14(7-5-13)24(31)32/h4-10,12H,3,11H2,1-2H3,(H,31,32). The summed E-state index contributed by atoms with van der Waals surface area (Å²) in [5, 5.41) is 18.2. The number of rotatable bonds is 8. The van der Waals surface area contributed by atoms with E-state index in [-0.39, 0.29) is 12.2 Å². The minimum Gasteiger partial charge on any atom is -0.497 e. The monoisotopic (exact) mass is 549 g/mol. The van der Waals surface area contributed by atoms with Crippen molar-refractivity contribution in [1.29, 1.82) is 0 Å². The number of benzene rings is 2. The van der Waals surface area contributed by atoms with Gasteiger partial charge in [0.15, 0.2) is 0 Å². The van der Waals surface area contributed by atoms with E-state index in [4.69, 9.17) is 24.5 Å². The molecule has 37 heavy (non-hydrogen) atoms. The quantitative estimate of drug-likeness (QED) is 0.245. The van der Waals surface area contributed by atoms with Crippen molar-refractivity contribution in [3.05, 3.63) is 64.2 Å². The van der Waals surface area contributed by atoms with Crippen molar-refractivity contribution in [2.45, 2.75) is 20.0 Å². The van der Waals surface area contributed by atoms with Crippen LogP contribution >= 0.6 is 34.0 Å². The fourth-order valence-electron chi connectivity index (χ4n) is 3.71. The van der Waals surface area contributed by atoms with E-state index in [0.717, 1.165) is 53.6 Å². The van der Waals surface area contributed by atoms with Gasteiger partial charge in [-0.2, -0.15) is 5.10 Å². The Balaban J connectivity index is 1.26. The summed E-state index contributed by atoms with van der Waals surface area (Å²) in [7, 11) is 1.61. The summed E-state index contributed by atoms with van der Waals surface area (Å²) in [6.45, 7) is 2.34. The van der Waals surface area contributed by atoms with Gasteiger partial charge in [-0.05, 0) is 18.6 Å². The molecule has 4 aromatic heterocycles. The number of nitrogens with zero attached hydrogens (tertiary/aromatic N) is 5. The number of hydrogen-bond acceptors (Lipinski definition) is 10. The average Bonchev–Trinajstić information content (AvgIpc) is 3.69. The molecule has 0 saturated carbocycles. The molecule has 0 unspecified atom stereocenters. The molecular formula is C25H19N5O4S3. The van der Waals surface area contributed by atoms with Crippen molar-refractivity contribution in [2.75, 3.05) is 7.11 Å². The van der Waals surface area contributed by atoms with Crippen LogP contribution in [0.15, 0.2) is 48.0 Å². The molecule has 0 aliphatic heterocycles. The van der Waals surface area contributed by atoms with Crippen LogP contribution < -0.4 is 9.47 Å². The molecule has 4 heterocycles. The molecule has 0 amide bonds. The second-order valence-corrected chi connectivity index (χ2v) is 10.9. The van der Waals surface area contributed by atoms with Crippen LogP contribution in [0, 0.1) is 0 Å². The van der Waals surface area contributed by atoms with E-state index in [2.05, 4.69) is 17.0 Å². The van der Waals surface area contributed by atoms with E-state index in [9.17, 15) is 4.79 Å². The lowest BCUT2D eigenvalue weighted by Crippen LogP contribution is -1.97. The number of imidazole rings is 1. The highest BCUT2D eigenvalue weighted by Crippen LogP contribution is 2.39. The number of carboxylic acids is 1. The highest BCUT2D eigenvalue weighted by Gasteiger charge is 2.17. The second kappa shape index (κ2) is 9.54. The van der Waals surface area contributed by atoms with Gasteiger partial charge in [-0.1, -0.05) is 30.4 Å². The second-order valence-electron chi connectivity index (χ2n) is 8.01. The molecule has 0 saturated heterocycles. The first kappa shape index (κ1) is 23.5. The number of carboxylic acid groups (broad SMARTS) is 1. The van der Waals surface area contributed by atoms with Gasteiger partial charge in [-0.15, -0.1) is 22.7 Å². The summed E-state index contributed by atoms with van der Waals surface area (Å²) < 4.78 is 14.4. The number of aryl methyl sites for hydroxylation is 1. The average molecular weight is 550 g/mol. The Morgan fingerprint density at radius 3 is 2.65 bits per heavy atom. The maximum absolute atomic E-state index is 11.1. The van der Waals surface area contributed by atoms with Crippen molar-refractivity contribution in [1.82, 2.24) is 24.6 Å². The molecule has 0 radical (unpaired) electrons. The van der Waals surface area contributed by atoms with Crippen molar-refractivity contribution in [3.63, 3.8) is 0 Å². The Morgan fingerprint density at radius 1 is 1.08 bits per heavy atom. The molecule has 2 aromatic carbocycles. The highest BCUT2D eigenvalue weighted by atomic mass is 32.1. The van der Waals surface area contributed by atoms with Gasteiger partial charge >= 0.3 is 5.97 Å². The van der Waals surface area contributed by atoms with Gasteiger partial charge in [-0.3, -0.25) is 0 Å². The van der Waals surface area contributed by atoms with E-state index in [1.807, 2.05) is 23.7 Å². The van der Waals surface area contributed by atoms with Crippen LogP contribution in [-0.2, 0) is 13.0 Å². The van der Waals surface area contributed by atoms with Crippen LogP contribution in [0.2, 0.25) is 0 Å². The maximum atomic E-state index is 11.1. The Kier molecular flexibility index (Phi) is 6.07. The van der Waals surface area contributed by atoms with Gasteiger partial charge in [0.1, 0.15) is 38.8 Å². The van der Waals surface area contributed by atoms with E-state index in [1.165, 1.54) is 22.7 Å². The Labute approximate surface area is 222 Å². The molecule has 6 rings (SSSR count). The number of methoxy groups -OCH3 is 1. The molecule has 0 fully saturated rings. The predicted octanol–water partition coefficient (Wildman–Crippen LogP) is 6.04. The van der Waals surface area contributed by atoms with E-state index >= 15 is 0 Å². The predicted molar refractivity (Wildman–Crippen MR) is 144 cm³/mol. The van der Waals surface area contributed by atoms with Crippen LogP contribution in [0.3, 0.4) is 0 Å². The fraction of sp³-hybridized carbons (Fsp3) is 0.160. The number of hydrogen-bond donors (Lipinski definition) is 1. The fourth-order valence-corrected chi connectivity index (χ4v) is 6.31. The topological polar surface area (TPSA) is 112 Å². The van der Waals surface area contributed by atoms with Crippen molar-refractivity contribution in [2.24, 2.45) is 0 Å². The molecule has 0 aliphatic carbocycles. The summed E-state index contributed by atoms with van der Waals surface area (Å²) >= 11 is 4.57. The van der Waals surface area contributed by atoms with Gasteiger partial charge in [0.05, 0.1) is 34.8 Å². The third-order valence-corrected chi connectivity index (χ3v) is 8.69. The molecule has 186 valence electrons. The Hall–Kier alpha value is -3.87. The van der Waals surface area contributed by atoms with Gasteiger partial charge in [0.2, 0.25) is 4.96 Å².